The molecule has 1 fully saturated rings. The Labute approximate surface area is 165 Å². The Morgan fingerprint density at radius 3 is 2.04 bits per heavy atom. The van der Waals surface area contributed by atoms with E-state index in [1.165, 1.54) is 0 Å². The number of hydrogen-bond acceptors (Lipinski definition) is 2. The van der Waals surface area contributed by atoms with Crippen molar-refractivity contribution in [2.45, 2.75) is 31.2 Å². The van der Waals surface area contributed by atoms with E-state index in [9.17, 15) is 9.59 Å². The van der Waals surface area contributed by atoms with Crippen LogP contribution in [-0.4, -0.2) is 12.2 Å². The fourth-order valence-electron chi connectivity index (χ4n) is 4.34. The van der Waals surface area contributed by atoms with E-state index in [0.29, 0.717) is 11.1 Å². The van der Waals surface area contributed by atoms with Crippen molar-refractivity contribution < 1.29 is 9.59 Å². The molecule has 0 heterocycles. The van der Waals surface area contributed by atoms with Crippen molar-refractivity contribution in [2.24, 2.45) is 0 Å². The van der Waals surface area contributed by atoms with Gasteiger partial charge in [-0.05, 0) is 30.5 Å². The van der Waals surface area contributed by atoms with Crippen LogP contribution in [0.2, 0.25) is 0 Å². The molecule has 0 saturated heterocycles. The maximum Gasteiger partial charge on any atom is 0.214 e. The SMILES string of the molecule is O=CN(c1cccc(C(=O)c2ccccc2)c1)C1(c2ccccc2)CCCC1. The van der Waals surface area contributed by atoms with E-state index in [1.54, 1.807) is 0 Å². The second-order valence-electron chi connectivity index (χ2n) is 7.33. The van der Waals surface area contributed by atoms with E-state index < -0.39 is 0 Å². The molecule has 140 valence electrons. The first-order valence-electron chi connectivity index (χ1n) is 9.75. The van der Waals surface area contributed by atoms with Gasteiger partial charge in [0.1, 0.15) is 0 Å². The van der Waals surface area contributed by atoms with Crippen molar-refractivity contribution in [3.05, 3.63) is 102 Å². The third-order valence-corrected chi connectivity index (χ3v) is 5.73. The minimum atomic E-state index is -0.350. The molecule has 0 atom stereocenters. The van der Waals surface area contributed by atoms with Gasteiger partial charge in [0.25, 0.3) is 0 Å². The number of anilines is 1. The lowest BCUT2D eigenvalue weighted by Gasteiger charge is -2.39. The zero-order chi connectivity index (χ0) is 19.4. The highest BCUT2D eigenvalue weighted by molar-refractivity contribution is 6.09. The summed E-state index contributed by atoms with van der Waals surface area (Å²) in [6.07, 6.45) is 4.94. The number of carbonyl (C=O) groups is 2. The average molecular weight is 369 g/mol. The van der Waals surface area contributed by atoms with Gasteiger partial charge in [0.15, 0.2) is 5.78 Å². The van der Waals surface area contributed by atoms with Gasteiger partial charge in [-0.1, -0.05) is 85.6 Å². The fraction of sp³-hybridized carbons (Fsp3) is 0.200. The molecule has 1 amide bonds. The van der Waals surface area contributed by atoms with E-state index in [-0.39, 0.29) is 11.3 Å². The molecule has 0 aliphatic heterocycles. The predicted molar refractivity (Wildman–Crippen MR) is 111 cm³/mol. The normalized spacial score (nSPS) is 15.1. The molecule has 28 heavy (non-hydrogen) atoms. The first kappa shape index (κ1) is 18.2. The van der Waals surface area contributed by atoms with E-state index in [0.717, 1.165) is 43.3 Å². The third kappa shape index (κ3) is 3.24. The Bertz CT molecular complexity index is 960. The molecule has 0 aromatic heterocycles. The topological polar surface area (TPSA) is 37.4 Å². The highest BCUT2D eigenvalue weighted by Crippen LogP contribution is 2.45. The first-order valence-corrected chi connectivity index (χ1v) is 9.75. The second kappa shape index (κ2) is 7.81. The van der Waals surface area contributed by atoms with Crippen LogP contribution in [0, 0.1) is 0 Å². The molecule has 3 aromatic carbocycles. The van der Waals surface area contributed by atoms with E-state index in [1.807, 2.05) is 77.7 Å². The fourth-order valence-corrected chi connectivity index (χ4v) is 4.34. The Hall–Kier alpha value is -3.20. The molecular weight excluding hydrogens is 346 g/mol. The minimum Gasteiger partial charge on any atom is -0.305 e. The van der Waals surface area contributed by atoms with Gasteiger partial charge in [-0.3, -0.25) is 9.59 Å². The highest BCUT2D eigenvalue weighted by Gasteiger charge is 2.41. The van der Waals surface area contributed by atoms with Gasteiger partial charge in [0, 0.05) is 16.8 Å². The molecule has 0 bridgehead atoms. The van der Waals surface area contributed by atoms with Gasteiger partial charge in [-0.2, -0.15) is 0 Å². The predicted octanol–water partition coefficient (Wildman–Crippen LogP) is 5.35. The third-order valence-electron chi connectivity index (χ3n) is 5.73. The Morgan fingerprint density at radius 2 is 1.39 bits per heavy atom. The van der Waals surface area contributed by atoms with Crippen LogP contribution in [-0.2, 0) is 10.3 Å². The van der Waals surface area contributed by atoms with Crippen LogP contribution in [0.25, 0.3) is 0 Å². The molecule has 3 nitrogen and oxygen atoms in total. The molecule has 0 N–H and O–H groups in total. The summed E-state index contributed by atoms with van der Waals surface area (Å²) in [5.41, 5.74) is 2.81. The van der Waals surface area contributed by atoms with Gasteiger partial charge in [0.2, 0.25) is 6.41 Å². The maximum absolute atomic E-state index is 12.9. The number of amides is 1. The van der Waals surface area contributed by atoms with Crippen molar-refractivity contribution in [3.8, 4) is 0 Å². The summed E-state index contributed by atoms with van der Waals surface area (Å²) in [4.78, 5) is 27.0. The number of nitrogens with zero attached hydrogens (tertiary/aromatic N) is 1. The van der Waals surface area contributed by atoms with Crippen molar-refractivity contribution in [3.63, 3.8) is 0 Å². The minimum absolute atomic E-state index is 0.0338. The molecule has 1 aliphatic carbocycles. The zero-order valence-corrected chi connectivity index (χ0v) is 15.8. The quantitative estimate of drug-likeness (QED) is 0.434. The molecule has 0 spiro atoms. The molecule has 3 heteroatoms. The Kier molecular flexibility index (Phi) is 5.07. The standard InChI is InChI=1S/C25H23NO2/c27-19-26(25(16-7-8-17-25)22-13-5-2-6-14-22)23-15-9-12-21(18-23)24(28)20-10-3-1-4-11-20/h1-6,9-15,18-19H,7-8,16-17H2. The van der Waals surface area contributed by atoms with E-state index >= 15 is 0 Å². The van der Waals surface area contributed by atoms with Crippen LogP contribution in [0.4, 0.5) is 5.69 Å². The van der Waals surface area contributed by atoms with Crippen molar-refractivity contribution in [1.29, 1.82) is 0 Å². The van der Waals surface area contributed by atoms with Gasteiger partial charge < -0.3 is 4.90 Å². The second-order valence-corrected chi connectivity index (χ2v) is 7.33. The zero-order valence-electron chi connectivity index (χ0n) is 15.8. The molecule has 3 aromatic rings. The van der Waals surface area contributed by atoms with E-state index in [2.05, 4.69) is 12.1 Å². The van der Waals surface area contributed by atoms with E-state index in [4.69, 9.17) is 0 Å². The van der Waals surface area contributed by atoms with Gasteiger partial charge in [0.05, 0.1) is 5.54 Å². The number of ketones is 1. The van der Waals surface area contributed by atoms with Crippen LogP contribution < -0.4 is 4.90 Å². The Balaban J connectivity index is 1.74. The average Bonchev–Trinajstić information content (AvgIpc) is 3.26. The van der Waals surface area contributed by atoms with Crippen molar-refractivity contribution in [1.82, 2.24) is 0 Å². The van der Waals surface area contributed by atoms with Gasteiger partial charge >= 0.3 is 0 Å². The van der Waals surface area contributed by atoms with Gasteiger partial charge in [-0.25, -0.2) is 0 Å². The lowest BCUT2D eigenvalue weighted by molar-refractivity contribution is -0.108. The summed E-state index contributed by atoms with van der Waals surface area (Å²) < 4.78 is 0. The number of rotatable bonds is 6. The van der Waals surface area contributed by atoms with Crippen LogP contribution in [0.5, 0.6) is 0 Å². The molecule has 0 radical (unpaired) electrons. The summed E-state index contributed by atoms with van der Waals surface area (Å²) in [7, 11) is 0. The summed E-state index contributed by atoms with van der Waals surface area (Å²) in [5.74, 6) is -0.0338. The lowest BCUT2D eigenvalue weighted by atomic mass is 9.86. The smallest absolute Gasteiger partial charge is 0.214 e. The molecule has 1 aliphatic rings. The lowest BCUT2D eigenvalue weighted by Crippen LogP contribution is -2.43. The summed E-state index contributed by atoms with van der Waals surface area (Å²) in [6.45, 7) is 0. The number of hydrogen-bond donors (Lipinski definition) is 0. The molecular formula is C25H23NO2. The monoisotopic (exact) mass is 369 g/mol. The molecule has 4 rings (SSSR count). The highest BCUT2D eigenvalue weighted by atomic mass is 16.1. The molecule has 0 unspecified atom stereocenters. The van der Waals surface area contributed by atoms with Crippen LogP contribution >= 0.6 is 0 Å². The van der Waals surface area contributed by atoms with Crippen molar-refractivity contribution in [2.75, 3.05) is 4.90 Å². The molecule has 1 saturated carbocycles. The van der Waals surface area contributed by atoms with Gasteiger partial charge in [-0.15, -0.1) is 0 Å². The van der Waals surface area contributed by atoms with Crippen LogP contribution in [0.15, 0.2) is 84.9 Å². The summed E-state index contributed by atoms with van der Waals surface area (Å²) in [5, 5.41) is 0. The van der Waals surface area contributed by atoms with Crippen LogP contribution in [0.1, 0.15) is 47.2 Å². The first-order chi connectivity index (χ1) is 13.7. The summed E-state index contributed by atoms with van der Waals surface area (Å²) in [6, 6.07) is 26.9. The number of benzene rings is 3. The van der Waals surface area contributed by atoms with Crippen molar-refractivity contribution >= 4 is 17.9 Å². The maximum atomic E-state index is 12.9. The van der Waals surface area contributed by atoms with Crippen LogP contribution in [0.3, 0.4) is 0 Å². The Morgan fingerprint density at radius 1 is 0.786 bits per heavy atom. The largest absolute Gasteiger partial charge is 0.305 e. The summed E-state index contributed by atoms with van der Waals surface area (Å²) >= 11 is 0. The number of carbonyl (C=O) groups excluding carboxylic acids is 2.